The Balaban J connectivity index is 2.04. The maximum Gasteiger partial charge on any atom is 0.159 e. The summed E-state index contributed by atoms with van der Waals surface area (Å²) in [5, 5.41) is 0. The van der Waals surface area contributed by atoms with Crippen molar-refractivity contribution in [3.05, 3.63) is 47.0 Å². The van der Waals surface area contributed by atoms with E-state index in [1.807, 2.05) is 6.07 Å². The summed E-state index contributed by atoms with van der Waals surface area (Å²) in [5.41, 5.74) is 9.42. The van der Waals surface area contributed by atoms with Crippen LogP contribution < -0.4 is 5.73 Å². The third-order valence-electron chi connectivity index (χ3n) is 3.66. The molecule has 3 rings (SSSR count). The van der Waals surface area contributed by atoms with Crippen molar-refractivity contribution in [2.24, 2.45) is 5.73 Å². The molecule has 2 N–H and O–H groups in total. The van der Waals surface area contributed by atoms with Gasteiger partial charge >= 0.3 is 0 Å². The summed E-state index contributed by atoms with van der Waals surface area (Å²) < 4.78 is 13.6. The van der Waals surface area contributed by atoms with Gasteiger partial charge in [0.25, 0.3) is 0 Å². The highest BCUT2D eigenvalue weighted by Gasteiger charge is 2.19. The zero-order valence-electron chi connectivity index (χ0n) is 10.9. The molecule has 0 amide bonds. The molecule has 0 saturated carbocycles. The lowest BCUT2D eigenvalue weighted by atomic mass is 9.93. The number of nitrogens with two attached hydrogens (primary N) is 1. The van der Waals surface area contributed by atoms with Crippen molar-refractivity contribution < 1.29 is 4.39 Å². The second-order valence-corrected chi connectivity index (χ2v) is 5.06. The standard InChI is InChI=1S/C15H16FN3/c1-9-5-6-10(7-12(9)16)15-18-8-11-13(17)3-2-4-14(11)19-15/h5-8,13H,2-4,17H2,1H3. The van der Waals surface area contributed by atoms with Crippen LogP contribution in [0.2, 0.25) is 0 Å². The van der Waals surface area contributed by atoms with Crippen LogP contribution in [-0.2, 0) is 6.42 Å². The summed E-state index contributed by atoms with van der Waals surface area (Å²) in [5.74, 6) is 0.349. The van der Waals surface area contributed by atoms with Gasteiger partial charge in [0, 0.05) is 29.1 Å². The van der Waals surface area contributed by atoms with E-state index in [4.69, 9.17) is 5.73 Å². The summed E-state index contributed by atoms with van der Waals surface area (Å²) in [6.07, 6.45) is 4.74. The lowest BCUT2D eigenvalue weighted by Crippen LogP contribution is -2.19. The largest absolute Gasteiger partial charge is 0.324 e. The summed E-state index contributed by atoms with van der Waals surface area (Å²) in [7, 11) is 0. The Morgan fingerprint density at radius 2 is 2.21 bits per heavy atom. The summed E-state index contributed by atoms with van der Waals surface area (Å²) in [4.78, 5) is 8.87. The Bertz CT molecular complexity index is 625. The number of benzene rings is 1. The van der Waals surface area contributed by atoms with Gasteiger partial charge in [-0.3, -0.25) is 0 Å². The van der Waals surface area contributed by atoms with E-state index in [0.717, 1.165) is 30.5 Å². The van der Waals surface area contributed by atoms with Crippen molar-refractivity contribution in [1.82, 2.24) is 9.97 Å². The molecule has 0 radical (unpaired) electrons. The Hall–Kier alpha value is -1.81. The minimum absolute atomic E-state index is 0.0348. The van der Waals surface area contributed by atoms with Gasteiger partial charge in [-0.05, 0) is 37.8 Å². The van der Waals surface area contributed by atoms with Crippen LogP contribution in [0.25, 0.3) is 11.4 Å². The van der Waals surface area contributed by atoms with Gasteiger partial charge in [0.1, 0.15) is 5.82 Å². The molecule has 0 fully saturated rings. The molecule has 98 valence electrons. The molecule has 1 aromatic heterocycles. The second-order valence-electron chi connectivity index (χ2n) is 5.06. The Morgan fingerprint density at radius 3 is 3.00 bits per heavy atom. The van der Waals surface area contributed by atoms with Crippen LogP contribution in [-0.4, -0.2) is 9.97 Å². The van der Waals surface area contributed by atoms with Crippen LogP contribution in [0.3, 0.4) is 0 Å². The highest BCUT2D eigenvalue weighted by Crippen LogP contribution is 2.28. The van der Waals surface area contributed by atoms with Gasteiger partial charge < -0.3 is 5.73 Å². The van der Waals surface area contributed by atoms with Crippen LogP contribution in [0.1, 0.15) is 35.7 Å². The molecule has 0 spiro atoms. The highest BCUT2D eigenvalue weighted by atomic mass is 19.1. The molecule has 4 heteroatoms. The van der Waals surface area contributed by atoms with Crippen LogP contribution >= 0.6 is 0 Å². The number of aryl methyl sites for hydroxylation is 2. The number of hydrogen-bond acceptors (Lipinski definition) is 3. The fourth-order valence-corrected chi connectivity index (χ4v) is 2.45. The summed E-state index contributed by atoms with van der Waals surface area (Å²) in [6.45, 7) is 1.74. The molecule has 19 heavy (non-hydrogen) atoms. The maximum atomic E-state index is 13.6. The normalized spacial score (nSPS) is 18.2. The van der Waals surface area contributed by atoms with Crippen LogP contribution in [0, 0.1) is 12.7 Å². The minimum Gasteiger partial charge on any atom is -0.324 e. The van der Waals surface area contributed by atoms with E-state index in [1.165, 1.54) is 6.07 Å². The number of hydrogen-bond donors (Lipinski definition) is 1. The molecule has 0 saturated heterocycles. The molecule has 1 aromatic carbocycles. The van der Waals surface area contributed by atoms with E-state index < -0.39 is 0 Å². The molecular formula is C15H16FN3. The first-order valence-corrected chi connectivity index (χ1v) is 6.53. The molecule has 0 aliphatic heterocycles. The first kappa shape index (κ1) is 12.2. The molecule has 2 aromatic rings. The van der Waals surface area contributed by atoms with Gasteiger partial charge in [0.05, 0.1) is 0 Å². The third-order valence-corrected chi connectivity index (χ3v) is 3.66. The van der Waals surface area contributed by atoms with Crippen molar-refractivity contribution in [1.29, 1.82) is 0 Å². The number of fused-ring (bicyclic) bond motifs is 1. The average Bonchev–Trinajstić information content (AvgIpc) is 2.42. The van der Waals surface area contributed by atoms with Gasteiger partial charge in [-0.25, -0.2) is 14.4 Å². The summed E-state index contributed by atoms with van der Waals surface area (Å²) >= 11 is 0. The predicted octanol–water partition coefficient (Wildman–Crippen LogP) is 2.93. The van der Waals surface area contributed by atoms with Crippen molar-refractivity contribution in [3.8, 4) is 11.4 Å². The monoisotopic (exact) mass is 257 g/mol. The molecular weight excluding hydrogens is 241 g/mol. The second kappa shape index (κ2) is 4.70. The molecule has 0 bridgehead atoms. The van der Waals surface area contributed by atoms with E-state index in [0.29, 0.717) is 17.0 Å². The smallest absolute Gasteiger partial charge is 0.159 e. The fraction of sp³-hybridized carbons (Fsp3) is 0.333. The lowest BCUT2D eigenvalue weighted by Gasteiger charge is -2.21. The summed E-state index contributed by atoms with van der Waals surface area (Å²) in [6, 6.07) is 5.12. The Kier molecular flexibility index (Phi) is 3.03. The quantitative estimate of drug-likeness (QED) is 0.854. The van der Waals surface area contributed by atoms with Gasteiger partial charge in [0.2, 0.25) is 0 Å². The molecule has 1 heterocycles. The molecule has 1 aliphatic rings. The van der Waals surface area contributed by atoms with Crippen LogP contribution in [0.5, 0.6) is 0 Å². The molecule has 3 nitrogen and oxygen atoms in total. The van der Waals surface area contributed by atoms with E-state index in [2.05, 4.69) is 9.97 Å². The van der Waals surface area contributed by atoms with Crippen molar-refractivity contribution in [3.63, 3.8) is 0 Å². The van der Waals surface area contributed by atoms with Crippen LogP contribution in [0.15, 0.2) is 24.4 Å². The third kappa shape index (κ3) is 2.24. The van der Waals surface area contributed by atoms with E-state index >= 15 is 0 Å². The van der Waals surface area contributed by atoms with E-state index in [9.17, 15) is 4.39 Å². The zero-order chi connectivity index (χ0) is 13.4. The molecule has 1 aliphatic carbocycles. The van der Waals surface area contributed by atoms with Crippen molar-refractivity contribution >= 4 is 0 Å². The number of halogens is 1. The van der Waals surface area contributed by atoms with Gasteiger partial charge in [-0.2, -0.15) is 0 Å². The van der Waals surface area contributed by atoms with Gasteiger partial charge in [0.15, 0.2) is 5.82 Å². The number of aromatic nitrogens is 2. The number of rotatable bonds is 1. The maximum absolute atomic E-state index is 13.6. The molecule has 1 unspecified atom stereocenters. The zero-order valence-corrected chi connectivity index (χ0v) is 10.9. The Morgan fingerprint density at radius 1 is 1.37 bits per heavy atom. The van der Waals surface area contributed by atoms with Crippen LogP contribution in [0.4, 0.5) is 4.39 Å². The first-order valence-electron chi connectivity index (χ1n) is 6.53. The molecule has 1 atom stereocenters. The Labute approximate surface area is 111 Å². The minimum atomic E-state index is -0.226. The number of nitrogens with zero attached hydrogens (tertiary/aromatic N) is 2. The van der Waals surface area contributed by atoms with Gasteiger partial charge in [-0.15, -0.1) is 0 Å². The average molecular weight is 257 g/mol. The van der Waals surface area contributed by atoms with E-state index in [1.54, 1.807) is 19.2 Å². The fourth-order valence-electron chi connectivity index (χ4n) is 2.45. The van der Waals surface area contributed by atoms with Gasteiger partial charge in [-0.1, -0.05) is 12.1 Å². The predicted molar refractivity (Wildman–Crippen MR) is 72.0 cm³/mol. The SMILES string of the molecule is Cc1ccc(-c2ncc3c(n2)CCCC3N)cc1F. The lowest BCUT2D eigenvalue weighted by molar-refractivity contribution is 0.557. The van der Waals surface area contributed by atoms with Crippen molar-refractivity contribution in [2.75, 3.05) is 0 Å². The van der Waals surface area contributed by atoms with E-state index in [-0.39, 0.29) is 11.9 Å². The highest BCUT2D eigenvalue weighted by molar-refractivity contribution is 5.56. The van der Waals surface area contributed by atoms with Crippen molar-refractivity contribution in [2.45, 2.75) is 32.2 Å². The first-order chi connectivity index (χ1) is 9.15. The topological polar surface area (TPSA) is 51.8 Å².